The third-order valence-corrected chi connectivity index (χ3v) is 5.35. The van der Waals surface area contributed by atoms with Crippen LogP contribution in [-0.2, 0) is 4.74 Å². The molecule has 0 aliphatic carbocycles. The fraction of sp³-hybridized carbons (Fsp3) is 0.160. The fourth-order valence-electron chi connectivity index (χ4n) is 3.61. The number of nitrogens with one attached hydrogen (secondary N) is 2. The Kier molecular flexibility index (Phi) is 6.77. The lowest BCUT2D eigenvalue weighted by Gasteiger charge is -2.27. The lowest BCUT2D eigenvalue weighted by Crippen LogP contribution is -2.40. The van der Waals surface area contributed by atoms with E-state index < -0.39 is 5.91 Å². The van der Waals surface area contributed by atoms with Crippen LogP contribution in [0.3, 0.4) is 0 Å². The molecular formula is C25H23N3O5. The molecule has 1 fully saturated rings. The first-order chi connectivity index (χ1) is 16.0. The minimum absolute atomic E-state index is 0.147. The number of hydrogen-bond acceptors (Lipinski definition) is 5. The number of carbonyl (C=O) groups excluding carboxylic acids is 3. The standard InChI is InChI=1S/C25H23N3O5/c29-23(18-4-2-1-3-5-18)26-22-15-20(17-6-8-19(9-7-17)24(30)27-32)14-21(16-22)25(31)28-10-12-33-13-11-28/h1-9,14-16,32H,10-13H2,(H,26,29)(H,27,30). The number of hydrogen-bond donors (Lipinski definition) is 3. The summed E-state index contributed by atoms with van der Waals surface area (Å²) in [5.41, 5.74) is 4.76. The second-order valence-corrected chi connectivity index (χ2v) is 7.54. The SMILES string of the molecule is O=C(NO)c1ccc(-c2cc(NC(=O)c3ccccc3)cc(C(=O)N3CCOCC3)c2)cc1. The van der Waals surface area contributed by atoms with Gasteiger partial charge in [0.15, 0.2) is 0 Å². The summed E-state index contributed by atoms with van der Waals surface area (Å²) in [6.45, 7) is 1.97. The Hall–Kier alpha value is -4.01. The number of benzene rings is 3. The van der Waals surface area contributed by atoms with Crippen LogP contribution in [0.1, 0.15) is 31.1 Å². The molecule has 0 aromatic heterocycles. The maximum absolute atomic E-state index is 13.2. The Labute approximate surface area is 190 Å². The van der Waals surface area contributed by atoms with Crippen LogP contribution < -0.4 is 10.8 Å². The van der Waals surface area contributed by atoms with Gasteiger partial charge >= 0.3 is 0 Å². The van der Waals surface area contributed by atoms with E-state index in [0.29, 0.717) is 54.2 Å². The van der Waals surface area contributed by atoms with Crippen molar-refractivity contribution in [1.82, 2.24) is 10.4 Å². The number of hydroxylamine groups is 1. The van der Waals surface area contributed by atoms with E-state index in [1.54, 1.807) is 77.1 Å². The lowest BCUT2D eigenvalue weighted by molar-refractivity contribution is 0.0303. The molecule has 3 N–H and O–H groups in total. The van der Waals surface area contributed by atoms with Crippen LogP contribution in [0.15, 0.2) is 72.8 Å². The van der Waals surface area contributed by atoms with Gasteiger partial charge in [-0.25, -0.2) is 5.48 Å². The Morgan fingerprint density at radius 1 is 0.758 bits per heavy atom. The van der Waals surface area contributed by atoms with Crippen molar-refractivity contribution in [2.24, 2.45) is 0 Å². The zero-order chi connectivity index (χ0) is 23.2. The maximum atomic E-state index is 13.2. The average Bonchev–Trinajstić information content (AvgIpc) is 2.88. The molecule has 4 rings (SSSR count). The Morgan fingerprint density at radius 3 is 2.09 bits per heavy atom. The van der Waals surface area contributed by atoms with E-state index in [0.717, 1.165) is 5.56 Å². The van der Waals surface area contributed by atoms with Gasteiger partial charge in [-0.15, -0.1) is 0 Å². The van der Waals surface area contributed by atoms with E-state index in [-0.39, 0.29) is 11.8 Å². The highest BCUT2D eigenvalue weighted by Crippen LogP contribution is 2.27. The quantitative estimate of drug-likeness (QED) is 0.413. The van der Waals surface area contributed by atoms with Gasteiger partial charge in [-0.2, -0.15) is 0 Å². The fourth-order valence-corrected chi connectivity index (χ4v) is 3.61. The third kappa shape index (κ3) is 5.25. The van der Waals surface area contributed by atoms with Crippen molar-refractivity contribution >= 4 is 23.4 Å². The molecule has 1 saturated heterocycles. The first-order valence-corrected chi connectivity index (χ1v) is 10.5. The van der Waals surface area contributed by atoms with Gasteiger partial charge in [-0.1, -0.05) is 30.3 Å². The highest BCUT2D eigenvalue weighted by molar-refractivity contribution is 6.05. The van der Waals surface area contributed by atoms with Gasteiger partial charge in [0.25, 0.3) is 17.7 Å². The predicted molar refractivity (Wildman–Crippen MR) is 122 cm³/mol. The Morgan fingerprint density at radius 2 is 1.42 bits per heavy atom. The summed E-state index contributed by atoms with van der Waals surface area (Å²) in [5.74, 6) is -1.05. The molecule has 8 heteroatoms. The number of rotatable bonds is 5. The van der Waals surface area contributed by atoms with Crippen molar-refractivity contribution in [3.63, 3.8) is 0 Å². The molecule has 0 spiro atoms. The highest BCUT2D eigenvalue weighted by atomic mass is 16.5. The molecular weight excluding hydrogens is 422 g/mol. The smallest absolute Gasteiger partial charge is 0.274 e. The maximum Gasteiger partial charge on any atom is 0.274 e. The average molecular weight is 445 g/mol. The van der Waals surface area contributed by atoms with E-state index in [2.05, 4.69) is 5.32 Å². The van der Waals surface area contributed by atoms with Crippen LogP contribution in [0.4, 0.5) is 5.69 Å². The van der Waals surface area contributed by atoms with Gasteiger partial charge in [0.1, 0.15) is 0 Å². The van der Waals surface area contributed by atoms with Crippen molar-refractivity contribution < 1.29 is 24.3 Å². The predicted octanol–water partition coefficient (Wildman–Crippen LogP) is 3.20. The van der Waals surface area contributed by atoms with E-state index in [1.807, 2.05) is 6.07 Å². The molecule has 0 saturated carbocycles. The number of morpholine rings is 1. The first-order valence-electron chi connectivity index (χ1n) is 10.5. The van der Waals surface area contributed by atoms with Crippen LogP contribution in [0.25, 0.3) is 11.1 Å². The van der Waals surface area contributed by atoms with E-state index in [9.17, 15) is 14.4 Å². The molecule has 0 atom stereocenters. The summed E-state index contributed by atoms with van der Waals surface area (Å²) in [7, 11) is 0. The van der Waals surface area contributed by atoms with Crippen LogP contribution in [0.2, 0.25) is 0 Å². The third-order valence-electron chi connectivity index (χ3n) is 5.35. The van der Waals surface area contributed by atoms with Gasteiger partial charge in [-0.3, -0.25) is 19.6 Å². The number of nitrogens with zero attached hydrogens (tertiary/aromatic N) is 1. The summed E-state index contributed by atoms with van der Waals surface area (Å²) in [6.07, 6.45) is 0. The summed E-state index contributed by atoms with van der Waals surface area (Å²) >= 11 is 0. The molecule has 168 valence electrons. The molecule has 33 heavy (non-hydrogen) atoms. The van der Waals surface area contributed by atoms with Crippen molar-refractivity contribution in [2.75, 3.05) is 31.6 Å². The van der Waals surface area contributed by atoms with E-state index >= 15 is 0 Å². The number of anilines is 1. The zero-order valence-electron chi connectivity index (χ0n) is 17.8. The molecule has 0 bridgehead atoms. The number of carbonyl (C=O) groups is 3. The Bertz CT molecular complexity index is 1160. The molecule has 1 heterocycles. The van der Waals surface area contributed by atoms with Gasteiger partial charge in [0.05, 0.1) is 13.2 Å². The van der Waals surface area contributed by atoms with Gasteiger partial charge in [0, 0.05) is 35.5 Å². The molecule has 3 aromatic rings. The zero-order valence-corrected chi connectivity index (χ0v) is 17.8. The number of amides is 3. The summed E-state index contributed by atoms with van der Waals surface area (Å²) in [5, 5.41) is 11.7. The van der Waals surface area contributed by atoms with Crippen molar-refractivity contribution in [1.29, 1.82) is 0 Å². The van der Waals surface area contributed by atoms with Crippen LogP contribution >= 0.6 is 0 Å². The molecule has 3 amide bonds. The van der Waals surface area contributed by atoms with Crippen LogP contribution in [0, 0.1) is 0 Å². The highest BCUT2D eigenvalue weighted by Gasteiger charge is 2.20. The van der Waals surface area contributed by atoms with Crippen molar-refractivity contribution in [3.05, 3.63) is 89.5 Å². The monoisotopic (exact) mass is 445 g/mol. The van der Waals surface area contributed by atoms with Gasteiger partial charge in [-0.05, 0) is 53.6 Å². The molecule has 0 radical (unpaired) electrons. The molecule has 3 aromatic carbocycles. The van der Waals surface area contributed by atoms with E-state index in [1.165, 1.54) is 0 Å². The van der Waals surface area contributed by atoms with Crippen LogP contribution in [-0.4, -0.2) is 54.1 Å². The molecule has 8 nitrogen and oxygen atoms in total. The minimum Gasteiger partial charge on any atom is -0.378 e. The number of ether oxygens (including phenoxy) is 1. The second-order valence-electron chi connectivity index (χ2n) is 7.54. The van der Waals surface area contributed by atoms with Crippen molar-refractivity contribution in [3.8, 4) is 11.1 Å². The molecule has 1 aliphatic heterocycles. The van der Waals surface area contributed by atoms with Gasteiger partial charge in [0.2, 0.25) is 0 Å². The van der Waals surface area contributed by atoms with Gasteiger partial charge < -0.3 is 15.0 Å². The lowest BCUT2D eigenvalue weighted by atomic mass is 9.99. The normalized spacial score (nSPS) is 13.3. The summed E-state index contributed by atoms with van der Waals surface area (Å²) in [6, 6.07) is 20.6. The summed E-state index contributed by atoms with van der Waals surface area (Å²) in [4.78, 5) is 39.2. The molecule has 0 unspecified atom stereocenters. The van der Waals surface area contributed by atoms with Crippen LogP contribution in [0.5, 0.6) is 0 Å². The Balaban J connectivity index is 1.68. The second kappa shape index (κ2) is 10.1. The summed E-state index contributed by atoms with van der Waals surface area (Å²) < 4.78 is 5.34. The largest absolute Gasteiger partial charge is 0.378 e. The first kappa shape index (κ1) is 22.2. The van der Waals surface area contributed by atoms with Crippen molar-refractivity contribution in [2.45, 2.75) is 0 Å². The minimum atomic E-state index is -0.617. The topological polar surface area (TPSA) is 108 Å². The van der Waals surface area contributed by atoms with E-state index in [4.69, 9.17) is 9.94 Å². The molecule has 1 aliphatic rings.